The number of aromatic nitrogens is 2. The summed E-state index contributed by atoms with van der Waals surface area (Å²) in [4.78, 5) is 4.27. The zero-order chi connectivity index (χ0) is 13.2. The van der Waals surface area contributed by atoms with E-state index >= 15 is 0 Å². The number of hydrogen-bond donors (Lipinski definition) is 0. The quantitative estimate of drug-likeness (QED) is 0.683. The second-order valence-corrected chi connectivity index (χ2v) is 4.47. The zero-order valence-electron chi connectivity index (χ0n) is 9.94. The molecule has 5 heteroatoms. The van der Waals surface area contributed by atoms with E-state index in [1.54, 1.807) is 18.2 Å². The topological polar surface area (TPSA) is 38.9 Å². The molecule has 96 valence electrons. The molecule has 0 N–H and O–H groups in total. The van der Waals surface area contributed by atoms with Crippen molar-refractivity contribution in [1.82, 2.24) is 10.1 Å². The van der Waals surface area contributed by atoms with Gasteiger partial charge in [-0.25, -0.2) is 4.39 Å². The van der Waals surface area contributed by atoms with Gasteiger partial charge in [0.05, 0.1) is 0 Å². The fourth-order valence-electron chi connectivity index (χ4n) is 2.00. The van der Waals surface area contributed by atoms with Gasteiger partial charge >= 0.3 is 0 Å². The zero-order valence-corrected chi connectivity index (χ0v) is 10.7. The summed E-state index contributed by atoms with van der Waals surface area (Å²) in [5.41, 5.74) is 0.751. The Kier molecular flexibility index (Phi) is 3.17. The standard InChI is InChI=1S/C14H10ClFN2O/c15-8-7-13-17-14(18-19-13)11-5-6-12(16)10-4-2-1-3-9(10)11/h1-6H,7-8H2. The van der Waals surface area contributed by atoms with Crippen molar-refractivity contribution >= 4 is 22.4 Å². The second-order valence-electron chi connectivity index (χ2n) is 4.09. The van der Waals surface area contributed by atoms with E-state index in [0.717, 1.165) is 10.9 Å². The van der Waals surface area contributed by atoms with Gasteiger partial charge in [-0.1, -0.05) is 29.4 Å². The Labute approximate surface area is 114 Å². The minimum atomic E-state index is -0.260. The van der Waals surface area contributed by atoms with Gasteiger partial charge in [-0.05, 0) is 17.5 Å². The molecule has 3 aromatic rings. The van der Waals surface area contributed by atoms with Crippen LogP contribution in [-0.4, -0.2) is 16.0 Å². The number of nitrogens with zero attached hydrogens (tertiary/aromatic N) is 2. The van der Waals surface area contributed by atoms with Gasteiger partial charge in [0, 0.05) is 23.3 Å². The molecule has 0 spiro atoms. The summed E-state index contributed by atoms with van der Waals surface area (Å²) in [5, 5.41) is 5.23. The number of halogens is 2. The van der Waals surface area contributed by atoms with Crippen molar-refractivity contribution in [1.29, 1.82) is 0 Å². The summed E-state index contributed by atoms with van der Waals surface area (Å²) in [5.74, 6) is 1.10. The highest BCUT2D eigenvalue weighted by Gasteiger charge is 2.12. The maximum absolute atomic E-state index is 13.7. The summed E-state index contributed by atoms with van der Waals surface area (Å²) < 4.78 is 18.8. The van der Waals surface area contributed by atoms with Crippen LogP contribution in [0.3, 0.4) is 0 Å². The van der Waals surface area contributed by atoms with Crippen molar-refractivity contribution in [2.75, 3.05) is 5.88 Å². The first-order valence-corrected chi connectivity index (χ1v) is 6.39. The molecule has 3 rings (SSSR count). The molecule has 0 atom stereocenters. The molecule has 0 saturated heterocycles. The monoisotopic (exact) mass is 276 g/mol. The van der Waals surface area contributed by atoms with Crippen LogP contribution >= 0.6 is 11.6 Å². The van der Waals surface area contributed by atoms with Gasteiger partial charge in [-0.15, -0.1) is 11.6 Å². The highest BCUT2D eigenvalue weighted by molar-refractivity contribution is 6.17. The average molecular weight is 277 g/mol. The molecule has 0 fully saturated rings. The van der Waals surface area contributed by atoms with Crippen molar-refractivity contribution in [3.8, 4) is 11.4 Å². The van der Waals surface area contributed by atoms with E-state index in [2.05, 4.69) is 10.1 Å². The van der Waals surface area contributed by atoms with E-state index in [0.29, 0.717) is 29.4 Å². The lowest BCUT2D eigenvalue weighted by Crippen LogP contribution is -1.88. The van der Waals surface area contributed by atoms with Crippen LogP contribution in [0.2, 0.25) is 0 Å². The molecule has 0 aliphatic carbocycles. The first-order valence-electron chi connectivity index (χ1n) is 5.86. The third kappa shape index (κ3) is 2.19. The molecular formula is C14H10ClFN2O. The van der Waals surface area contributed by atoms with Crippen molar-refractivity contribution in [2.24, 2.45) is 0 Å². The molecule has 2 aromatic carbocycles. The van der Waals surface area contributed by atoms with Crippen LogP contribution in [0.5, 0.6) is 0 Å². The van der Waals surface area contributed by atoms with Gasteiger partial charge < -0.3 is 4.52 Å². The molecule has 0 saturated carbocycles. The molecule has 0 amide bonds. The van der Waals surface area contributed by atoms with Crippen molar-refractivity contribution < 1.29 is 8.91 Å². The van der Waals surface area contributed by atoms with Crippen LogP contribution < -0.4 is 0 Å². The van der Waals surface area contributed by atoms with Gasteiger partial charge in [-0.2, -0.15) is 4.98 Å². The van der Waals surface area contributed by atoms with Crippen LogP contribution in [0.1, 0.15) is 5.89 Å². The lowest BCUT2D eigenvalue weighted by Gasteiger charge is -2.03. The van der Waals surface area contributed by atoms with E-state index in [4.69, 9.17) is 16.1 Å². The Balaban J connectivity index is 2.16. The Bertz CT molecular complexity index is 726. The Morgan fingerprint density at radius 2 is 1.89 bits per heavy atom. The Morgan fingerprint density at radius 1 is 1.11 bits per heavy atom. The van der Waals surface area contributed by atoms with Crippen LogP contribution in [0.4, 0.5) is 4.39 Å². The minimum absolute atomic E-state index is 0.260. The molecule has 3 nitrogen and oxygen atoms in total. The molecule has 0 aliphatic heterocycles. The van der Waals surface area contributed by atoms with E-state index in [1.807, 2.05) is 12.1 Å². The third-order valence-electron chi connectivity index (χ3n) is 2.89. The largest absolute Gasteiger partial charge is 0.339 e. The van der Waals surface area contributed by atoms with E-state index in [-0.39, 0.29) is 5.82 Å². The van der Waals surface area contributed by atoms with Crippen molar-refractivity contribution in [3.05, 3.63) is 48.1 Å². The van der Waals surface area contributed by atoms with Crippen molar-refractivity contribution in [3.63, 3.8) is 0 Å². The number of rotatable bonds is 3. The highest BCUT2D eigenvalue weighted by Crippen LogP contribution is 2.28. The predicted molar refractivity (Wildman–Crippen MR) is 71.6 cm³/mol. The van der Waals surface area contributed by atoms with Crippen LogP contribution in [0.15, 0.2) is 40.9 Å². The van der Waals surface area contributed by atoms with Gasteiger partial charge in [0.25, 0.3) is 0 Å². The smallest absolute Gasteiger partial charge is 0.228 e. The summed E-state index contributed by atoms with van der Waals surface area (Å²) in [6.45, 7) is 0. The summed E-state index contributed by atoms with van der Waals surface area (Å²) >= 11 is 5.63. The summed E-state index contributed by atoms with van der Waals surface area (Å²) in [7, 11) is 0. The first-order chi connectivity index (χ1) is 9.29. The van der Waals surface area contributed by atoms with Crippen molar-refractivity contribution in [2.45, 2.75) is 6.42 Å². The Hall–Kier alpha value is -1.94. The number of benzene rings is 2. The van der Waals surface area contributed by atoms with Crippen LogP contribution in [0, 0.1) is 5.82 Å². The van der Waals surface area contributed by atoms with Crippen LogP contribution in [0.25, 0.3) is 22.2 Å². The van der Waals surface area contributed by atoms with Gasteiger partial charge in [0.1, 0.15) is 5.82 Å². The number of aryl methyl sites for hydroxylation is 1. The highest BCUT2D eigenvalue weighted by atomic mass is 35.5. The van der Waals surface area contributed by atoms with Gasteiger partial charge in [-0.3, -0.25) is 0 Å². The van der Waals surface area contributed by atoms with E-state index < -0.39 is 0 Å². The Morgan fingerprint density at radius 3 is 2.68 bits per heavy atom. The van der Waals surface area contributed by atoms with E-state index in [9.17, 15) is 4.39 Å². The van der Waals surface area contributed by atoms with Gasteiger partial charge in [0.15, 0.2) is 0 Å². The summed E-state index contributed by atoms with van der Waals surface area (Å²) in [6, 6.07) is 10.3. The number of alkyl halides is 1. The minimum Gasteiger partial charge on any atom is -0.339 e. The fraction of sp³-hybridized carbons (Fsp3) is 0.143. The molecule has 1 heterocycles. The third-order valence-corrected chi connectivity index (χ3v) is 3.08. The lowest BCUT2D eigenvalue weighted by atomic mass is 10.0. The fourth-order valence-corrected chi connectivity index (χ4v) is 2.17. The maximum Gasteiger partial charge on any atom is 0.228 e. The van der Waals surface area contributed by atoms with Crippen LogP contribution in [-0.2, 0) is 6.42 Å². The molecule has 1 aromatic heterocycles. The maximum atomic E-state index is 13.7. The molecule has 0 aliphatic rings. The number of fused-ring (bicyclic) bond motifs is 1. The predicted octanol–water partition coefficient (Wildman–Crippen LogP) is 3.81. The van der Waals surface area contributed by atoms with E-state index in [1.165, 1.54) is 6.07 Å². The lowest BCUT2D eigenvalue weighted by molar-refractivity contribution is 0.383. The molecule has 0 bridgehead atoms. The normalized spacial score (nSPS) is 11.1. The summed E-state index contributed by atoms with van der Waals surface area (Å²) in [6.07, 6.45) is 0.522. The number of hydrogen-bond acceptors (Lipinski definition) is 3. The molecular weight excluding hydrogens is 267 g/mol. The molecule has 0 radical (unpaired) electrons. The SMILES string of the molecule is Fc1ccc(-c2noc(CCCl)n2)c2ccccc12. The molecule has 19 heavy (non-hydrogen) atoms. The second kappa shape index (κ2) is 4.97. The first kappa shape index (κ1) is 12.1. The molecule has 0 unspecified atom stereocenters. The van der Waals surface area contributed by atoms with Gasteiger partial charge in [0.2, 0.25) is 11.7 Å². The average Bonchev–Trinajstić information content (AvgIpc) is 2.88.